The Morgan fingerprint density at radius 1 is 1.07 bits per heavy atom. The van der Waals surface area contributed by atoms with Gasteiger partial charge in [-0.25, -0.2) is 4.79 Å². The van der Waals surface area contributed by atoms with Crippen LogP contribution < -0.4 is 4.74 Å². The lowest BCUT2D eigenvalue weighted by atomic mass is 9.88. The molecular weight excluding hydrogens is 595 g/mol. The zero-order chi connectivity index (χ0) is 20.0. The first-order valence-electron chi connectivity index (χ1n) is 7.88. The van der Waals surface area contributed by atoms with E-state index in [9.17, 15) is 19.8 Å². The standard InChI is InChI=1S/C18H18I2NO5P/c1-27-11-16(23)18(17(24)25,21(19)20)10-12-2-6-14(7-3-12)26-15-8-4-13(22)5-9-15/h2-9,22,27H,10-11H2,1H3,(H,24,25)/t18-/m1/s1. The summed E-state index contributed by atoms with van der Waals surface area (Å²) in [6, 6.07) is 13.3. The van der Waals surface area contributed by atoms with Gasteiger partial charge in [-0.2, -0.15) is 1.33 Å². The number of ether oxygens (including phenoxy) is 1. The van der Waals surface area contributed by atoms with E-state index >= 15 is 0 Å². The minimum atomic E-state index is -1.61. The molecule has 144 valence electrons. The first-order valence-corrected chi connectivity index (χ1v) is 11.5. The number of aromatic hydroxyl groups is 1. The molecule has 9 heteroatoms. The number of ketones is 1. The Labute approximate surface area is 187 Å². The number of phenols is 1. The summed E-state index contributed by atoms with van der Waals surface area (Å²) in [4.78, 5) is 24.6. The highest BCUT2D eigenvalue weighted by Gasteiger charge is 2.49. The highest BCUT2D eigenvalue weighted by Crippen LogP contribution is 2.33. The van der Waals surface area contributed by atoms with Crippen LogP contribution in [-0.4, -0.2) is 41.7 Å². The molecule has 0 spiro atoms. The van der Waals surface area contributed by atoms with E-state index in [1.54, 1.807) is 36.4 Å². The molecular formula is C18H18I2NO5P. The molecule has 0 radical (unpaired) electrons. The molecule has 1 unspecified atom stereocenters. The third-order valence-corrected chi connectivity index (χ3v) is 6.22. The molecule has 2 N–H and O–H groups in total. The summed E-state index contributed by atoms with van der Waals surface area (Å²) in [6.45, 7) is 1.88. The minimum absolute atomic E-state index is 0.0665. The van der Waals surface area contributed by atoms with Crippen molar-refractivity contribution in [3.8, 4) is 17.2 Å². The maximum absolute atomic E-state index is 12.6. The van der Waals surface area contributed by atoms with Crippen molar-refractivity contribution in [3.05, 3.63) is 54.1 Å². The van der Waals surface area contributed by atoms with E-state index < -0.39 is 11.5 Å². The van der Waals surface area contributed by atoms with Crippen LogP contribution in [0.4, 0.5) is 0 Å². The monoisotopic (exact) mass is 613 g/mol. The van der Waals surface area contributed by atoms with Crippen LogP contribution >= 0.6 is 54.3 Å². The Bertz CT molecular complexity index is 798. The van der Waals surface area contributed by atoms with Crippen molar-refractivity contribution in [1.82, 2.24) is 1.33 Å². The Morgan fingerprint density at radius 3 is 2.04 bits per heavy atom. The molecule has 0 aliphatic heterocycles. The van der Waals surface area contributed by atoms with Gasteiger partial charge in [-0.1, -0.05) is 12.1 Å². The maximum Gasteiger partial charge on any atom is 0.333 e. The lowest BCUT2D eigenvalue weighted by Gasteiger charge is -2.31. The summed E-state index contributed by atoms with van der Waals surface area (Å²) in [7, 11) is 0.355. The van der Waals surface area contributed by atoms with Crippen LogP contribution in [0.5, 0.6) is 17.2 Å². The Kier molecular flexibility index (Phi) is 8.26. The molecule has 2 rings (SSSR count). The number of carboxylic acid groups (broad SMARTS) is 1. The van der Waals surface area contributed by atoms with Crippen LogP contribution in [-0.2, 0) is 16.0 Å². The van der Waals surface area contributed by atoms with E-state index in [1.165, 1.54) is 13.5 Å². The number of nitrogens with zero attached hydrogens (tertiary/aromatic N) is 1. The lowest BCUT2D eigenvalue weighted by Crippen LogP contribution is -2.55. The number of benzene rings is 2. The van der Waals surface area contributed by atoms with Gasteiger partial charge in [0, 0.05) is 58.3 Å². The molecule has 6 nitrogen and oxygen atoms in total. The first kappa shape index (κ1) is 22.3. The van der Waals surface area contributed by atoms with Crippen molar-refractivity contribution in [2.24, 2.45) is 0 Å². The van der Waals surface area contributed by atoms with Crippen LogP contribution in [0.1, 0.15) is 5.56 Å². The maximum atomic E-state index is 12.6. The Morgan fingerprint density at radius 2 is 1.59 bits per heavy atom. The molecule has 0 fully saturated rings. The normalized spacial score (nSPS) is 13.6. The van der Waals surface area contributed by atoms with Crippen molar-refractivity contribution >= 4 is 66.1 Å². The van der Waals surface area contributed by atoms with Gasteiger partial charge in [0.15, 0.2) is 11.3 Å². The fraction of sp³-hybridized carbons (Fsp3) is 0.222. The summed E-state index contributed by atoms with van der Waals surface area (Å²) >= 11 is 3.71. The molecule has 0 aliphatic rings. The van der Waals surface area contributed by atoms with Gasteiger partial charge < -0.3 is 14.9 Å². The van der Waals surface area contributed by atoms with E-state index in [4.69, 9.17) is 4.74 Å². The molecule has 0 heterocycles. The molecule has 0 aliphatic carbocycles. The van der Waals surface area contributed by atoms with Gasteiger partial charge in [0.1, 0.15) is 17.2 Å². The van der Waals surface area contributed by atoms with Gasteiger partial charge in [-0.15, -0.1) is 8.58 Å². The van der Waals surface area contributed by atoms with Gasteiger partial charge in [-0.3, -0.25) is 4.79 Å². The number of hydrogen-bond donors (Lipinski definition) is 2. The quantitative estimate of drug-likeness (QED) is 0.189. The fourth-order valence-corrected chi connectivity index (χ4v) is 4.35. The Balaban J connectivity index is 2.22. The Hall–Kier alpha value is -0.970. The van der Waals surface area contributed by atoms with Crippen molar-refractivity contribution in [2.45, 2.75) is 12.0 Å². The van der Waals surface area contributed by atoms with E-state index in [1.807, 2.05) is 52.4 Å². The third kappa shape index (κ3) is 5.52. The van der Waals surface area contributed by atoms with E-state index in [2.05, 4.69) is 0 Å². The molecule has 27 heavy (non-hydrogen) atoms. The molecule has 2 aromatic carbocycles. The van der Waals surface area contributed by atoms with Gasteiger partial charge in [0.25, 0.3) is 0 Å². The summed E-state index contributed by atoms with van der Waals surface area (Å²) in [6.07, 6.45) is 0.299. The predicted molar refractivity (Wildman–Crippen MR) is 123 cm³/mol. The molecule has 0 saturated carbocycles. The summed E-state index contributed by atoms with van der Waals surface area (Å²) in [5.74, 6) is -0.150. The summed E-state index contributed by atoms with van der Waals surface area (Å²) in [5, 5.41) is 19.1. The molecule has 0 amide bonds. The van der Waals surface area contributed by atoms with E-state index in [0.717, 1.165) is 5.56 Å². The number of Topliss-reactive ketones (excluding diaryl/α,β-unsaturated/α-hetero) is 1. The van der Waals surface area contributed by atoms with Gasteiger partial charge in [0.05, 0.1) is 0 Å². The van der Waals surface area contributed by atoms with Crippen LogP contribution in [0, 0.1) is 0 Å². The van der Waals surface area contributed by atoms with Gasteiger partial charge in [-0.05, 0) is 48.6 Å². The highest BCUT2D eigenvalue weighted by atomic mass is 127. The van der Waals surface area contributed by atoms with Crippen LogP contribution in [0.15, 0.2) is 48.5 Å². The second-order valence-corrected chi connectivity index (χ2v) is 10.6. The molecule has 0 saturated heterocycles. The van der Waals surface area contributed by atoms with Crippen molar-refractivity contribution in [1.29, 1.82) is 0 Å². The molecule has 2 atom stereocenters. The number of rotatable bonds is 9. The summed E-state index contributed by atoms with van der Waals surface area (Å²) in [5.41, 5.74) is -0.884. The average Bonchev–Trinajstić information content (AvgIpc) is 2.62. The second kappa shape index (κ2) is 9.99. The number of carbonyl (C=O) groups is 2. The van der Waals surface area contributed by atoms with Crippen molar-refractivity contribution in [2.75, 3.05) is 12.8 Å². The zero-order valence-electron chi connectivity index (χ0n) is 14.4. The van der Waals surface area contributed by atoms with Gasteiger partial charge in [0.2, 0.25) is 0 Å². The number of aliphatic carboxylic acids is 1. The lowest BCUT2D eigenvalue weighted by molar-refractivity contribution is -0.149. The van der Waals surface area contributed by atoms with E-state index in [-0.39, 0.29) is 24.1 Å². The zero-order valence-corrected chi connectivity index (χ0v) is 19.7. The number of halogens is 2. The summed E-state index contributed by atoms with van der Waals surface area (Å²) < 4.78 is 7.12. The number of phenolic OH excluding ortho intramolecular Hbond substituents is 1. The first-order chi connectivity index (χ1) is 12.8. The minimum Gasteiger partial charge on any atom is -0.508 e. The molecule has 0 aromatic heterocycles. The topological polar surface area (TPSA) is 87.1 Å². The van der Waals surface area contributed by atoms with Crippen LogP contribution in [0.2, 0.25) is 0 Å². The van der Waals surface area contributed by atoms with Crippen LogP contribution in [0.3, 0.4) is 0 Å². The predicted octanol–water partition coefficient (Wildman–Crippen LogP) is 4.43. The number of carbonyl (C=O) groups excluding carboxylic acids is 1. The van der Waals surface area contributed by atoms with Crippen LogP contribution in [0.25, 0.3) is 0 Å². The highest BCUT2D eigenvalue weighted by molar-refractivity contribution is 14.2. The second-order valence-electron chi connectivity index (χ2n) is 5.77. The number of hydrogen-bond acceptors (Lipinski definition) is 5. The molecule has 2 aromatic rings. The van der Waals surface area contributed by atoms with Crippen molar-refractivity contribution < 1.29 is 24.5 Å². The fourth-order valence-electron chi connectivity index (χ4n) is 2.45. The third-order valence-electron chi connectivity index (χ3n) is 3.90. The molecule has 0 bridgehead atoms. The SMILES string of the molecule is CPCC(=O)[C@](Cc1ccc(Oc2ccc(O)cc2)cc1)(C(=O)O)N(I)I. The van der Waals surface area contributed by atoms with Crippen molar-refractivity contribution in [3.63, 3.8) is 0 Å². The van der Waals surface area contributed by atoms with Gasteiger partial charge >= 0.3 is 5.97 Å². The van der Waals surface area contributed by atoms with E-state index in [0.29, 0.717) is 20.1 Å². The smallest absolute Gasteiger partial charge is 0.333 e. The largest absolute Gasteiger partial charge is 0.508 e. The number of carboxylic acids is 1. The average molecular weight is 613 g/mol.